The maximum atomic E-state index is 13.4. The second-order valence-corrected chi connectivity index (χ2v) is 8.08. The van der Waals surface area contributed by atoms with Gasteiger partial charge in [0.15, 0.2) is 6.10 Å². The van der Waals surface area contributed by atoms with E-state index in [2.05, 4.69) is 0 Å². The predicted molar refractivity (Wildman–Crippen MR) is 111 cm³/mol. The average Bonchev–Trinajstić information content (AvgIpc) is 3.15. The van der Waals surface area contributed by atoms with Gasteiger partial charge in [0.1, 0.15) is 0 Å². The Hall–Kier alpha value is -3.05. The van der Waals surface area contributed by atoms with E-state index in [9.17, 15) is 9.59 Å². The van der Waals surface area contributed by atoms with Crippen molar-refractivity contribution < 1.29 is 19.1 Å². The molecular formula is C24H20O4S. The largest absolute Gasteiger partial charge is 0.449 e. The van der Waals surface area contributed by atoms with Crippen LogP contribution in [0.4, 0.5) is 0 Å². The van der Waals surface area contributed by atoms with Gasteiger partial charge in [-0.25, -0.2) is 4.79 Å². The zero-order valence-corrected chi connectivity index (χ0v) is 16.5. The summed E-state index contributed by atoms with van der Waals surface area (Å²) in [4.78, 5) is 24.8. The quantitative estimate of drug-likeness (QED) is 0.532. The van der Waals surface area contributed by atoms with Crippen LogP contribution in [0, 0.1) is 0 Å². The molecule has 1 aliphatic heterocycles. The summed E-state index contributed by atoms with van der Waals surface area (Å²) in [6.45, 7) is 0. The highest BCUT2D eigenvalue weighted by Gasteiger charge is 2.50. The number of benzene rings is 3. The summed E-state index contributed by atoms with van der Waals surface area (Å²) >= 11 is 1.23. The molecule has 0 saturated carbocycles. The van der Waals surface area contributed by atoms with Crippen LogP contribution in [0.25, 0.3) is 0 Å². The zero-order valence-electron chi connectivity index (χ0n) is 15.7. The minimum Gasteiger partial charge on any atom is -0.449 e. The lowest BCUT2D eigenvalue weighted by Crippen LogP contribution is -2.37. The van der Waals surface area contributed by atoms with E-state index in [-0.39, 0.29) is 18.8 Å². The summed E-state index contributed by atoms with van der Waals surface area (Å²) < 4.78 is 11.5. The van der Waals surface area contributed by atoms with Gasteiger partial charge in [0.05, 0.1) is 6.42 Å². The van der Waals surface area contributed by atoms with Crippen LogP contribution in [0.5, 0.6) is 0 Å². The zero-order chi connectivity index (χ0) is 20.1. The molecule has 0 aliphatic carbocycles. The Balaban J connectivity index is 1.65. The molecule has 1 atom stereocenters. The fraction of sp³-hybridized carbons (Fsp3) is 0.167. The molecule has 1 heterocycles. The van der Waals surface area contributed by atoms with Gasteiger partial charge in [0, 0.05) is 11.3 Å². The first kappa shape index (κ1) is 19.3. The van der Waals surface area contributed by atoms with Crippen molar-refractivity contribution in [2.24, 2.45) is 0 Å². The Labute approximate surface area is 173 Å². The SMILES string of the molecule is O=C1CCC(Sc2ccccc2)(C(=O)OC(c2ccccc2)c2ccccc2)O1. The Bertz CT molecular complexity index is 936. The molecule has 5 heteroatoms. The molecule has 1 saturated heterocycles. The van der Waals surface area contributed by atoms with Crippen LogP contribution < -0.4 is 0 Å². The summed E-state index contributed by atoms with van der Waals surface area (Å²) in [5, 5.41) is 0. The second-order valence-electron chi connectivity index (χ2n) is 6.75. The molecule has 0 aromatic heterocycles. The fourth-order valence-electron chi connectivity index (χ4n) is 3.27. The third-order valence-electron chi connectivity index (χ3n) is 4.70. The van der Waals surface area contributed by atoms with Crippen molar-refractivity contribution >= 4 is 23.7 Å². The van der Waals surface area contributed by atoms with Crippen LogP contribution in [0.15, 0.2) is 95.9 Å². The molecule has 4 rings (SSSR count). The molecular weight excluding hydrogens is 384 g/mol. The number of hydrogen-bond acceptors (Lipinski definition) is 5. The molecule has 1 aliphatic rings. The number of rotatable bonds is 6. The van der Waals surface area contributed by atoms with E-state index in [1.807, 2.05) is 91.0 Å². The Morgan fingerprint density at radius 3 is 1.86 bits per heavy atom. The third-order valence-corrected chi connectivity index (χ3v) is 6.00. The van der Waals surface area contributed by atoms with E-state index in [4.69, 9.17) is 9.47 Å². The first-order valence-electron chi connectivity index (χ1n) is 9.43. The lowest BCUT2D eigenvalue weighted by atomic mass is 10.0. The highest BCUT2D eigenvalue weighted by Crippen LogP contribution is 2.44. The third kappa shape index (κ3) is 4.35. The minimum atomic E-state index is -1.37. The number of carbonyl (C=O) groups excluding carboxylic acids is 2. The van der Waals surface area contributed by atoms with Gasteiger partial charge < -0.3 is 9.47 Å². The van der Waals surface area contributed by atoms with Crippen molar-refractivity contribution in [1.82, 2.24) is 0 Å². The number of esters is 2. The van der Waals surface area contributed by atoms with Crippen LogP contribution in [-0.4, -0.2) is 16.9 Å². The van der Waals surface area contributed by atoms with Gasteiger partial charge in [-0.1, -0.05) is 90.6 Å². The number of ether oxygens (including phenoxy) is 2. The highest BCUT2D eigenvalue weighted by molar-refractivity contribution is 8.01. The van der Waals surface area contributed by atoms with Gasteiger partial charge in [-0.2, -0.15) is 0 Å². The number of cyclic esters (lactones) is 1. The van der Waals surface area contributed by atoms with E-state index in [0.717, 1.165) is 16.0 Å². The molecule has 0 bridgehead atoms. The van der Waals surface area contributed by atoms with Gasteiger partial charge in [-0.05, 0) is 23.3 Å². The average molecular weight is 404 g/mol. The predicted octanol–water partition coefficient (Wildman–Crippen LogP) is 5.14. The molecule has 1 unspecified atom stereocenters. The van der Waals surface area contributed by atoms with Crippen molar-refractivity contribution in [1.29, 1.82) is 0 Å². The number of hydrogen-bond donors (Lipinski definition) is 0. The Morgan fingerprint density at radius 2 is 1.38 bits per heavy atom. The highest BCUT2D eigenvalue weighted by atomic mass is 32.2. The van der Waals surface area contributed by atoms with Crippen molar-refractivity contribution in [3.8, 4) is 0 Å². The lowest BCUT2D eigenvalue weighted by molar-refractivity contribution is -0.167. The summed E-state index contributed by atoms with van der Waals surface area (Å²) in [6.07, 6.45) is -0.117. The summed E-state index contributed by atoms with van der Waals surface area (Å²) in [5.41, 5.74) is 1.72. The fourth-order valence-corrected chi connectivity index (χ4v) is 4.41. The number of thioether (sulfide) groups is 1. The topological polar surface area (TPSA) is 52.6 Å². The minimum absolute atomic E-state index is 0.191. The molecule has 3 aromatic carbocycles. The molecule has 0 N–H and O–H groups in total. The van der Waals surface area contributed by atoms with Crippen LogP contribution >= 0.6 is 11.8 Å². The van der Waals surface area contributed by atoms with Gasteiger partial charge in [0.2, 0.25) is 0 Å². The summed E-state index contributed by atoms with van der Waals surface area (Å²) in [5.74, 6) is -0.934. The van der Waals surface area contributed by atoms with E-state index in [1.165, 1.54) is 11.8 Å². The van der Waals surface area contributed by atoms with E-state index in [1.54, 1.807) is 0 Å². The molecule has 1 fully saturated rings. The normalized spacial score (nSPS) is 18.4. The molecule has 0 radical (unpaired) electrons. The Morgan fingerprint density at radius 1 is 0.862 bits per heavy atom. The molecule has 0 amide bonds. The van der Waals surface area contributed by atoms with Crippen molar-refractivity contribution in [2.75, 3.05) is 0 Å². The van der Waals surface area contributed by atoms with E-state index >= 15 is 0 Å². The second kappa shape index (κ2) is 8.53. The monoisotopic (exact) mass is 404 g/mol. The van der Waals surface area contributed by atoms with Gasteiger partial charge in [-0.15, -0.1) is 0 Å². The van der Waals surface area contributed by atoms with Crippen LogP contribution in [0.3, 0.4) is 0 Å². The molecule has 3 aromatic rings. The standard InChI is InChI=1S/C24H20O4S/c25-21-16-17-24(28-21,29-20-14-8-3-9-15-20)23(26)27-22(18-10-4-1-5-11-18)19-12-6-2-7-13-19/h1-15,22H,16-17H2. The number of carbonyl (C=O) groups is 2. The van der Waals surface area contributed by atoms with E-state index in [0.29, 0.717) is 0 Å². The van der Waals surface area contributed by atoms with Crippen molar-refractivity contribution in [3.63, 3.8) is 0 Å². The first-order chi connectivity index (χ1) is 14.2. The molecule has 4 nitrogen and oxygen atoms in total. The summed E-state index contributed by atoms with van der Waals surface area (Å²) in [6, 6.07) is 28.6. The van der Waals surface area contributed by atoms with Gasteiger partial charge >= 0.3 is 11.9 Å². The van der Waals surface area contributed by atoms with Crippen LogP contribution in [-0.2, 0) is 19.1 Å². The maximum absolute atomic E-state index is 13.4. The summed E-state index contributed by atoms with van der Waals surface area (Å²) in [7, 11) is 0. The smallest absolute Gasteiger partial charge is 0.362 e. The molecule has 29 heavy (non-hydrogen) atoms. The van der Waals surface area contributed by atoms with Crippen LogP contribution in [0.2, 0.25) is 0 Å². The van der Waals surface area contributed by atoms with Gasteiger partial charge in [0.25, 0.3) is 4.93 Å². The van der Waals surface area contributed by atoms with Gasteiger partial charge in [-0.3, -0.25) is 4.79 Å². The molecule has 146 valence electrons. The first-order valence-corrected chi connectivity index (χ1v) is 10.2. The molecule has 0 spiro atoms. The maximum Gasteiger partial charge on any atom is 0.362 e. The van der Waals surface area contributed by atoms with Crippen molar-refractivity contribution in [2.45, 2.75) is 28.8 Å². The van der Waals surface area contributed by atoms with Crippen LogP contribution in [0.1, 0.15) is 30.1 Å². The van der Waals surface area contributed by atoms with Crippen molar-refractivity contribution in [3.05, 3.63) is 102 Å². The Kier molecular flexibility index (Phi) is 5.67. The lowest BCUT2D eigenvalue weighted by Gasteiger charge is -2.28. The van der Waals surface area contributed by atoms with E-state index < -0.39 is 17.0 Å².